The number of carbonyl (C=O) groups is 2. The molecule has 20 heavy (non-hydrogen) atoms. The van der Waals surface area contributed by atoms with E-state index in [-0.39, 0.29) is 24.4 Å². The molecule has 1 fully saturated rings. The van der Waals surface area contributed by atoms with Crippen LogP contribution in [0.3, 0.4) is 0 Å². The minimum atomic E-state index is -0.318. The molecule has 0 radical (unpaired) electrons. The van der Waals surface area contributed by atoms with Crippen molar-refractivity contribution in [2.45, 2.75) is 32.9 Å². The fourth-order valence-electron chi connectivity index (χ4n) is 2.09. The van der Waals surface area contributed by atoms with Gasteiger partial charge < -0.3 is 5.32 Å². The molecule has 0 aromatic carbocycles. The monoisotopic (exact) mass is 276 g/mol. The quantitative estimate of drug-likeness (QED) is 0.776. The van der Waals surface area contributed by atoms with Crippen LogP contribution in [0.2, 0.25) is 0 Å². The molecular weight excluding hydrogens is 256 g/mol. The number of imide groups is 1. The predicted octanol–water partition coefficient (Wildman–Crippen LogP) is 0.750. The topological polar surface area (TPSA) is 74.3 Å². The molecule has 2 N–H and O–H groups in total. The highest BCUT2D eigenvalue weighted by molar-refractivity contribution is 6.00. The van der Waals surface area contributed by atoms with Gasteiger partial charge in [-0.05, 0) is 25.5 Å². The van der Waals surface area contributed by atoms with Gasteiger partial charge in [0.15, 0.2) is 0 Å². The van der Waals surface area contributed by atoms with Gasteiger partial charge >= 0.3 is 0 Å². The first-order valence-corrected chi connectivity index (χ1v) is 6.87. The van der Waals surface area contributed by atoms with Gasteiger partial charge in [-0.1, -0.05) is 13.0 Å². The Bertz CT molecular complexity index is 504. The van der Waals surface area contributed by atoms with Gasteiger partial charge in [-0.3, -0.25) is 19.8 Å². The molecule has 1 aliphatic heterocycles. The maximum absolute atomic E-state index is 11.6. The van der Waals surface area contributed by atoms with E-state index in [0.29, 0.717) is 6.54 Å². The highest BCUT2D eigenvalue weighted by Crippen LogP contribution is 2.12. The number of pyridine rings is 1. The van der Waals surface area contributed by atoms with Crippen LogP contribution >= 0.6 is 0 Å². The van der Waals surface area contributed by atoms with Crippen molar-refractivity contribution in [3.63, 3.8) is 0 Å². The minimum absolute atomic E-state index is 0.223. The molecule has 1 saturated heterocycles. The van der Waals surface area contributed by atoms with Crippen molar-refractivity contribution >= 4 is 17.6 Å². The molecule has 2 rings (SSSR count). The predicted molar refractivity (Wildman–Crippen MR) is 76.0 cm³/mol. The lowest BCUT2D eigenvalue weighted by atomic mass is 10.2. The van der Waals surface area contributed by atoms with Crippen molar-refractivity contribution in [3.05, 3.63) is 23.9 Å². The minimum Gasteiger partial charge on any atom is -0.370 e. The zero-order valence-corrected chi connectivity index (χ0v) is 11.8. The van der Waals surface area contributed by atoms with E-state index in [1.54, 1.807) is 6.92 Å². The third-order valence-electron chi connectivity index (χ3n) is 3.26. The number of piperazine rings is 1. The number of nitrogens with zero attached hydrogens (tertiary/aromatic N) is 2. The normalized spacial score (nSPS) is 19.8. The molecule has 1 atom stereocenters. The third kappa shape index (κ3) is 3.54. The third-order valence-corrected chi connectivity index (χ3v) is 3.26. The van der Waals surface area contributed by atoms with Crippen LogP contribution in [0.1, 0.15) is 26.0 Å². The summed E-state index contributed by atoms with van der Waals surface area (Å²) in [6.07, 6.45) is 1.03. The Morgan fingerprint density at radius 1 is 1.45 bits per heavy atom. The van der Waals surface area contributed by atoms with Crippen LogP contribution in [-0.2, 0) is 16.1 Å². The lowest BCUT2D eigenvalue weighted by Gasteiger charge is -2.31. The van der Waals surface area contributed by atoms with Gasteiger partial charge in [0.1, 0.15) is 5.82 Å². The molecule has 0 saturated carbocycles. The summed E-state index contributed by atoms with van der Waals surface area (Å²) in [5.74, 6) is 0.319. The summed E-state index contributed by atoms with van der Waals surface area (Å²) >= 11 is 0. The molecule has 2 heterocycles. The molecule has 1 unspecified atom stereocenters. The van der Waals surface area contributed by atoms with E-state index in [0.717, 1.165) is 24.5 Å². The van der Waals surface area contributed by atoms with E-state index in [1.165, 1.54) is 0 Å². The standard InChI is InChI=1S/C14H20N4O2/c1-3-7-15-12-6-4-5-11(16-12)8-18-9-13(19)17-14(20)10(18)2/h4-6,10H,3,7-9H2,1-2H3,(H,15,16)(H,17,19,20). The second-order valence-corrected chi connectivity index (χ2v) is 4.93. The van der Waals surface area contributed by atoms with Gasteiger partial charge in [-0.25, -0.2) is 4.98 Å². The average molecular weight is 276 g/mol. The number of amides is 2. The van der Waals surface area contributed by atoms with Crippen molar-refractivity contribution in [1.82, 2.24) is 15.2 Å². The van der Waals surface area contributed by atoms with Gasteiger partial charge in [0.25, 0.3) is 0 Å². The Hall–Kier alpha value is -1.95. The van der Waals surface area contributed by atoms with Crippen LogP contribution in [0.5, 0.6) is 0 Å². The van der Waals surface area contributed by atoms with E-state index in [1.807, 2.05) is 23.1 Å². The molecule has 0 bridgehead atoms. The highest BCUT2D eigenvalue weighted by Gasteiger charge is 2.30. The van der Waals surface area contributed by atoms with Crippen molar-refractivity contribution in [2.75, 3.05) is 18.4 Å². The lowest BCUT2D eigenvalue weighted by molar-refractivity contribution is -0.139. The molecule has 1 aromatic rings. The van der Waals surface area contributed by atoms with Gasteiger partial charge in [0.2, 0.25) is 11.8 Å². The summed E-state index contributed by atoms with van der Waals surface area (Å²) in [5, 5.41) is 5.56. The average Bonchev–Trinajstić information content (AvgIpc) is 2.42. The summed E-state index contributed by atoms with van der Waals surface area (Å²) in [6.45, 7) is 5.47. The molecule has 0 spiro atoms. The molecule has 0 aliphatic carbocycles. The molecular formula is C14H20N4O2. The van der Waals surface area contributed by atoms with Gasteiger partial charge in [-0.15, -0.1) is 0 Å². The van der Waals surface area contributed by atoms with E-state index in [2.05, 4.69) is 22.5 Å². The largest absolute Gasteiger partial charge is 0.370 e. The molecule has 1 aliphatic rings. The number of aromatic nitrogens is 1. The zero-order chi connectivity index (χ0) is 14.5. The first-order valence-electron chi connectivity index (χ1n) is 6.87. The summed E-state index contributed by atoms with van der Waals surface area (Å²) < 4.78 is 0. The number of hydrogen-bond donors (Lipinski definition) is 2. The summed E-state index contributed by atoms with van der Waals surface area (Å²) in [5.41, 5.74) is 0.848. The molecule has 1 aromatic heterocycles. The van der Waals surface area contributed by atoms with Crippen LogP contribution in [0.15, 0.2) is 18.2 Å². The van der Waals surface area contributed by atoms with Crippen molar-refractivity contribution in [1.29, 1.82) is 0 Å². The molecule has 6 nitrogen and oxygen atoms in total. The van der Waals surface area contributed by atoms with Crippen molar-refractivity contribution in [2.24, 2.45) is 0 Å². The van der Waals surface area contributed by atoms with E-state index < -0.39 is 0 Å². The van der Waals surface area contributed by atoms with Crippen LogP contribution in [0.4, 0.5) is 5.82 Å². The maximum Gasteiger partial charge on any atom is 0.243 e. The second kappa shape index (κ2) is 6.47. The second-order valence-electron chi connectivity index (χ2n) is 4.93. The van der Waals surface area contributed by atoms with E-state index >= 15 is 0 Å². The maximum atomic E-state index is 11.6. The van der Waals surface area contributed by atoms with Gasteiger partial charge in [0, 0.05) is 13.1 Å². The molecule has 6 heteroatoms. The lowest BCUT2D eigenvalue weighted by Crippen LogP contribution is -2.56. The Kier molecular flexibility index (Phi) is 4.68. The zero-order valence-electron chi connectivity index (χ0n) is 11.8. The van der Waals surface area contributed by atoms with E-state index in [9.17, 15) is 9.59 Å². The Morgan fingerprint density at radius 3 is 3.00 bits per heavy atom. The van der Waals surface area contributed by atoms with Gasteiger partial charge in [-0.2, -0.15) is 0 Å². The molecule has 2 amide bonds. The Balaban J connectivity index is 2.05. The van der Waals surface area contributed by atoms with Gasteiger partial charge in [0.05, 0.1) is 18.3 Å². The summed E-state index contributed by atoms with van der Waals surface area (Å²) in [4.78, 5) is 29.3. The van der Waals surface area contributed by atoms with Crippen LogP contribution < -0.4 is 10.6 Å². The Labute approximate surface area is 118 Å². The molecule has 108 valence electrons. The van der Waals surface area contributed by atoms with Crippen molar-refractivity contribution < 1.29 is 9.59 Å². The van der Waals surface area contributed by atoms with Crippen LogP contribution in [0, 0.1) is 0 Å². The number of hydrogen-bond acceptors (Lipinski definition) is 5. The fraction of sp³-hybridized carbons (Fsp3) is 0.500. The first-order chi connectivity index (χ1) is 9.60. The number of anilines is 1. The first kappa shape index (κ1) is 14.5. The van der Waals surface area contributed by atoms with E-state index in [4.69, 9.17) is 0 Å². The fourth-order valence-corrected chi connectivity index (χ4v) is 2.09. The number of rotatable bonds is 5. The number of carbonyl (C=O) groups excluding carboxylic acids is 2. The number of nitrogens with one attached hydrogen (secondary N) is 2. The summed E-state index contributed by atoms with van der Waals surface area (Å²) in [6, 6.07) is 5.43. The summed E-state index contributed by atoms with van der Waals surface area (Å²) in [7, 11) is 0. The SMILES string of the molecule is CCCNc1cccc(CN2CC(=O)NC(=O)C2C)n1. The van der Waals surface area contributed by atoms with Crippen LogP contribution in [-0.4, -0.2) is 40.8 Å². The smallest absolute Gasteiger partial charge is 0.243 e. The highest BCUT2D eigenvalue weighted by atomic mass is 16.2. The Morgan fingerprint density at radius 2 is 2.25 bits per heavy atom. The van der Waals surface area contributed by atoms with Crippen LogP contribution in [0.25, 0.3) is 0 Å². The van der Waals surface area contributed by atoms with Crippen molar-refractivity contribution in [3.8, 4) is 0 Å².